The zero-order valence-corrected chi connectivity index (χ0v) is 19.2. The number of hydrogen-bond donors (Lipinski definition) is 2. The van der Waals surface area contributed by atoms with Crippen LogP contribution in [0.15, 0.2) is 49.2 Å². The van der Waals surface area contributed by atoms with Crippen molar-refractivity contribution >= 4 is 46.3 Å². The molecule has 3 aromatic rings. The molecule has 0 amide bonds. The number of fused-ring (bicyclic) bond motifs is 1. The molecular formula is C23H28ClFN4S. The predicted octanol–water partition coefficient (Wildman–Crippen LogP) is 6.15. The van der Waals surface area contributed by atoms with Crippen molar-refractivity contribution in [2.45, 2.75) is 39.7 Å². The Morgan fingerprint density at radius 2 is 2.00 bits per heavy atom. The lowest BCUT2D eigenvalue weighted by Crippen LogP contribution is -2.43. The van der Waals surface area contributed by atoms with E-state index in [0.29, 0.717) is 11.5 Å². The minimum atomic E-state index is -0.280. The third-order valence-electron chi connectivity index (χ3n) is 5.13. The second-order valence-electron chi connectivity index (χ2n) is 7.11. The number of pyridine rings is 1. The van der Waals surface area contributed by atoms with Crippen molar-refractivity contribution in [3.63, 3.8) is 0 Å². The lowest BCUT2D eigenvalue weighted by Gasteiger charge is -2.33. The van der Waals surface area contributed by atoms with E-state index in [0.717, 1.165) is 40.9 Å². The number of benzene rings is 1. The van der Waals surface area contributed by atoms with Crippen molar-refractivity contribution < 1.29 is 4.39 Å². The molecule has 1 unspecified atom stereocenters. The van der Waals surface area contributed by atoms with E-state index in [9.17, 15) is 4.39 Å². The van der Waals surface area contributed by atoms with Crippen molar-refractivity contribution in [1.82, 2.24) is 15.3 Å². The summed E-state index contributed by atoms with van der Waals surface area (Å²) < 4.78 is 13.6. The van der Waals surface area contributed by atoms with E-state index in [-0.39, 0.29) is 24.3 Å². The van der Waals surface area contributed by atoms with Gasteiger partial charge in [0.05, 0.1) is 17.3 Å². The van der Waals surface area contributed by atoms with Crippen molar-refractivity contribution in [1.29, 1.82) is 0 Å². The van der Waals surface area contributed by atoms with Crippen molar-refractivity contribution in [3.05, 3.63) is 72.0 Å². The predicted molar refractivity (Wildman–Crippen MR) is 130 cm³/mol. The first-order valence-electron chi connectivity index (χ1n) is 9.85. The summed E-state index contributed by atoms with van der Waals surface area (Å²) in [5, 5.41) is 5.04. The molecule has 0 aliphatic carbocycles. The molecule has 160 valence electrons. The number of nitrogens with zero attached hydrogens (tertiary/aromatic N) is 2. The van der Waals surface area contributed by atoms with E-state index in [1.54, 1.807) is 12.1 Å². The third kappa shape index (κ3) is 4.82. The van der Waals surface area contributed by atoms with Gasteiger partial charge < -0.3 is 15.2 Å². The number of hydrogen-bond acceptors (Lipinski definition) is 2. The van der Waals surface area contributed by atoms with Gasteiger partial charge in [0.2, 0.25) is 0 Å². The summed E-state index contributed by atoms with van der Waals surface area (Å²) in [5.41, 5.74) is 5.03. The fourth-order valence-corrected chi connectivity index (χ4v) is 3.85. The van der Waals surface area contributed by atoms with Crippen LogP contribution in [0.4, 0.5) is 10.1 Å². The number of nitrogens with one attached hydrogen (secondary N) is 2. The lowest BCUT2D eigenvalue weighted by molar-refractivity contribution is 0.626. The van der Waals surface area contributed by atoms with Crippen LogP contribution in [0.1, 0.15) is 42.8 Å². The van der Waals surface area contributed by atoms with E-state index in [2.05, 4.69) is 37.7 Å². The summed E-state index contributed by atoms with van der Waals surface area (Å²) in [5.74, 6) is -0.280. The Hall–Kier alpha value is -2.44. The molecule has 1 atom stereocenters. The van der Waals surface area contributed by atoms with Crippen molar-refractivity contribution in [3.8, 4) is 0 Å². The van der Waals surface area contributed by atoms with Gasteiger partial charge in [-0.25, -0.2) is 4.39 Å². The van der Waals surface area contributed by atoms with E-state index in [4.69, 9.17) is 17.2 Å². The van der Waals surface area contributed by atoms with Gasteiger partial charge in [0.15, 0.2) is 5.11 Å². The first-order valence-corrected chi connectivity index (χ1v) is 10.3. The summed E-state index contributed by atoms with van der Waals surface area (Å²) in [6, 6.07) is 8.24. The van der Waals surface area contributed by atoms with Crippen LogP contribution in [-0.4, -0.2) is 21.6 Å². The number of aryl methyl sites for hydroxylation is 2. The lowest BCUT2D eigenvalue weighted by atomic mass is 10.0. The Morgan fingerprint density at radius 1 is 1.30 bits per heavy atom. The van der Waals surface area contributed by atoms with Crippen molar-refractivity contribution in [2.75, 3.05) is 11.4 Å². The summed E-state index contributed by atoms with van der Waals surface area (Å²) in [6.07, 6.45) is 5.28. The number of aromatic amines is 1. The number of aromatic nitrogens is 2. The summed E-state index contributed by atoms with van der Waals surface area (Å²) in [7, 11) is 0. The minimum Gasteiger partial charge on any atom is -0.362 e. The summed E-state index contributed by atoms with van der Waals surface area (Å²) in [6.45, 7) is 11.0. The molecule has 3 rings (SSSR count). The average molecular weight is 447 g/mol. The number of anilines is 1. The van der Waals surface area contributed by atoms with Crippen LogP contribution < -0.4 is 10.2 Å². The van der Waals surface area contributed by atoms with Crippen LogP contribution in [0, 0.1) is 19.7 Å². The topological polar surface area (TPSA) is 44.0 Å². The molecule has 7 heteroatoms. The highest BCUT2D eigenvalue weighted by Gasteiger charge is 2.27. The minimum absolute atomic E-state index is 0. The molecule has 2 N–H and O–H groups in total. The molecule has 0 saturated heterocycles. The van der Waals surface area contributed by atoms with Gasteiger partial charge in [-0.15, -0.1) is 19.0 Å². The Balaban J connectivity index is 0.00000320. The molecule has 0 spiro atoms. The molecule has 4 nitrogen and oxygen atoms in total. The Labute approximate surface area is 189 Å². The van der Waals surface area contributed by atoms with Gasteiger partial charge in [-0.05, 0) is 74.8 Å². The van der Waals surface area contributed by atoms with Gasteiger partial charge in [0.25, 0.3) is 0 Å². The van der Waals surface area contributed by atoms with Gasteiger partial charge in [0.1, 0.15) is 5.82 Å². The molecule has 0 bridgehead atoms. The molecule has 2 heterocycles. The molecule has 30 heavy (non-hydrogen) atoms. The molecule has 0 radical (unpaired) electrons. The van der Waals surface area contributed by atoms with Crippen LogP contribution in [0.25, 0.3) is 10.9 Å². The smallest absolute Gasteiger partial charge is 0.174 e. The van der Waals surface area contributed by atoms with E-state index < -0.39 is 0 Å². The number of rotatable bonds is 7. The zero-order chi connectivity index (χ0) is 21.0. The van der Waals surface area contributed by atoms with Gasteiger partial charge in [-0.2, -0.15) is 0 Å². The Bertz CT molecular complexity index is 1020. The van der Waals surface area contributed by atoms with E-state index >= 15 is 0 Å². The highest BCUT2D eigenvalue weighted by Crippen LogP contribution is 2.34. The summed E-state index contributed by atoms with van der Waals surface area (Å²) in [4.78, 5) is 10.2. The molecule has 0 aliphatic rings. The Morgan fingerprint density at radius 3 is 2.63 bits per heavy atom. The van der Waals surface area contributed by atoms with Gasteiger partial charge in [-0.1, -0.05) is 13.0 Å². The largest absolute Gasteiger partial charge is 0.362 e. The monoisotopic (exact) mass is 446 g/mol. The standard InChI is InChI=1S/C23H27FN4S.ClH/c1-5-7-20(22-21-19(12-14-25-22)15(3)16(4)27-21)28(23(29)26-13-6-2)18-10-8-17(24)9-11-18;/h5,8-12,14,20,27H,1,6-7,13H2,2-4H3,(H,26,29);1H. The van der Waals surface area contributed by atoms with Gasteiger partial charge >= 0.3 is 0 Å². The number of H-pyrrole nitrogens is 1. The first-order chi connectivity index (χ1) is 14.0. The fourth-order valence-electron chi connectivity index (χ4n) is 3.51. The quantitative estimate of drug-likeness (QED) is 0.337. The zero-order valence-electron chi connectivity index (χ0n) is 17.5. The third-order valence-corrected chi connectivity index (χ3v) is 5.47. The molecule has 1 aromatic carbocycles. The molecule has 0 saturated carbocycles. The SMILES string of the molecule is C=CCC(c1nccc2c(C)c(C)[nH]c12)N(C(=S)NCCC)c1ccc(F)cc1.Cl. The van der Waals surface area contributed by atoms with Crippen LogP contribution in [0.5, 0.6) is 0 Å². The second-order valence-corrected chi connectivity index (χ2v) is 7.50. The second kappa shape index (κ2) is 10.5. The fraction of sp³-hybridized carbons (Fsp3) is 0.304. The number of thiocarbonyl (C=S) groups is 1. The van der Waals surface area contributed by atoms with Crippen LogP contribution in [-0.2, 0) is 0 Å². The molecule has 0 aliphatic heterocycles. The van der Waals surface area contributed by atoms with Crippen LogP contribution in [0.2, 0.25) is 0 Å². The Kier molecular flexibility index (Phi) is 8.38. The normalized spacial score (nSPS) is 11.6. The number of halogens is 2. The first kappa shape index (κ1) is 23.8. The van der Waals surface area contributed by atoms with Gasteiger partial charge in [-0.3, -0.25) is 4.98 Å². The average Bonchev–Trinajstić information content (AvgIpc) is 3.01. The summed E-state index contributed by atoms with van der Waals surface area (Å²) >= 11 is 5.75. The highest BCUT2D eigenvalue weighted by molar-refractivity contribution is 7.80. The van der Waals surface area contributed by atoms with Crippen LogP contribution >= 0.6 is 24.6 Å². The van der Waals surface area contributed by atoms with E-state index in [1.807, 2.05) is 23.2 Å². The molecular weight excluding hydrogens is 419 g/mol. The maximum Gasteiger partial charge on any atom is 0.174 e. The maximum atomic E-state index is 13.6. The van der Waals surface area contributed by atoms with Gasteiger partial charge in [0, 0.05) is 29.5 Å². The van der Waals surface area contributed by atoms with E-state index in [1.165, 1.54) is 17.7 Å². The highest BCUT2D eigenvalue weighted by atomic mass is 35.5. The molecule has 0 fully saturated rings. The van der Waals surface area contributed by atoms with Crippen molar-refractivity contribution in [2.24, 2.45) is 0 Å². The maximum absolute atomic E-state index is 13.6. The van der Waals surface area contributed by atoms with Crippen LogP contribution in [0.3, 0.4) is 0 Å². The molecule has 2 aromatic heterocycles.